The van der Waals surface area contributed by atoms with Crippen molar-refractivity contribution in [3.05, 3.63) is 0 Å². The van der Waals surface area contributed by atoms with Gasteiger partial charge in [-0.1, -0.05) is 0 Å². The van der Waals surface area contributed by atoms with E-state index in [0.717, 1.165) is 17.0 Å². The molecule has 0 rings (SSSR count). The van der Waals surface area contributed by atoms with Crippen molar-refractivity contribution in [3.8, 4) is 0 Å². The van der Waals surface area contributed by atoms with Crippen LogP contribution < -0.4 is 5.73 Å². The van der Waals surface area contributed by atoms with Crippen molar-refractivity contribution in [1.29, 1.82) is 0 Å². The molecule has 0 aliphatic carbocycles. The molecule has 0 spiro atoms. The van der Waals surface area contributed by atoms with Crippen molar-refractivity contribution in [2.45, 2.75) is 28.6 Å². The van der Waals surface area contributed by atoms with Crippen molar-refractivity contribution in [3.63, 3.8) is 0 Å². The van der Waals surface area contributed by atoms with Gasteiger partial charge in [-0.05, 0) is 0 Å². The maximum absolute atomic E-state index is 8.50. The molecule has 0 heterocycles. The molecule has 6 heteroatoms. The molecule has 0 aromatic rings. The van der Waals surface area contributed by atoms with Gasteiger partial charge < -0.3 is 0 Å². The van der Waals surface area contributed by atoms with E-state index < -0.39 is 0 Å². The van der Waals surface area contributed by atoms with Gasteiger partial charge in [-0.2, -0.15) is 0 Å². The second kappa shape index (κ2) is 29.2. The molecule has 0 aliphatic rings. The zero-order valence-corrected chi connectivity index (χ0v) is 12.7. The zero-order valence-electron chi connectivity index (χ0n) is 8.25. The molecule has 0 unspecified atom stereocenters. The average Bonchev–Trinajstić information content (AvgIpc) is 2.15. The number of thiocarbonyl (C=S) groups is 2. The summed E-state index contributed by atoms with van der Waals surface area (Å²) in [5.74, 6) is 0. The fourth-order valence-electron chi connectivity index (χ4n) is 0.571. The maximum Gasteiger partial charge on any atom is 0.202 e. The Balaban J connectivity index is -0.000000168. The van der Waals surface area contributed by atoms with E-state index in [1.165, 1.54) is 21.7 Å². The Hall–Kier alpha value is 0.359. The number of nitrogens with two attached hydrogens (primary N) is 1. The van der Waals surface area contributed by atoms with Crippen LogP contribution in [0, 0.1) is 0 Å². The Bertz CT molecular complexity index is 137. The minimum atomic E-state index is 0.115. The molecule has 0 bridgehead atoms. The quantitative estimate of drug-likeness (QED) is 0.470. The zero-order chi connectivity index (χ0) is 11.7. The van der Waals surface area contributed by atoms with Crippen LogP contribution in [0.4, 0.5) is 0 Å². The summed E-state index contributed by atoms with van der Waals surface area (Å²) in [6.07, 6.45) is 2.65. The van der Waals surface area contributed by atoms with Gasteiger partial charge in [0.2, 0.25) is 10.5 Å². The molecule has 0 saturated heterocycles. The molecule has 0 fully saturated rings. The van der Waals surface area contributed by atoms with Gasteiger partial charge in [0, 0.05) is 24.4 Å². The standard InChI is InChI=1S/C4H10N.C2H5.2COS.Sn/c1-2-3-4-5;1-2;2*2-1-3;/h1-5H2;1H2,2H3;;;. The van der Waals surface area contributed by atoms with Crippen molar-refractivity contribution in [1.82, 2.24) is 0 Å². The van der Waals surface area contributed by atoms with Crippen LogP contribution in [0.2, 0.25) is 8.87 Å². The summed E-state index contributed by atoms with van der Waals surface area (Å²) >= 11 is 7.29. The Morgan fingerprint density at radius 2 is 1.64 bits per heavy atom. The second-order valence-corrected chi connectivity index (χ2v) is 7.22. The predicted octanol–water partition coefficient (Wildman–Crippen LogP) is 1.79. The number of unbranched alkanes of at least 4 members (excludes halogenated alkanes) is 1. The molecule has 2 N–H and O–H groups in total. The second-order valence-electron chi connectivity index (χ2n) is 2.02. The third kappa shape index (κ3) is 55.5. The van der Waals surface area contributed by atoms with Gasteiger partial charge in [-0.25, -0.2) is 9.59 Å². The van der Waals surface area contributed by atoms with Crippen LogP contribution in [0.25, 0.3) is 0 Å². The largest absolute Gasteiger partial charge is 0.220 e. The molecule has 0 atom stereocenters. The average molecular weight is 340 g/mol. The summed E-state index contributed by atoms with van der Waals surface area (Å²) in [4.78, 5) is 17.0. The number of hydrogen-bond acceptors (Lipinski definition) is 5. The summed E-state index contributed by atoms with van der Waals surface area (Å²) < 4.78 is 3.03. The first-order valence-corrected chi connectivity index (χ1v) is 8.99. The molecule has 80 valence electrons. The van der Waals surface area contributed by atoms with Crippen LogP contribution in [0.15, 0.2) is 0 Å². The van der Waals surface area contributed by atoms with E-state index in [0.29, 0.717) is 0 Å². The molecule has 2 radical (unpaired) electrons. The predicted molar refractivity (Wildman–Crippen MR) is 65.9 cm³/mol. The fraction of sp³-hybridized carbons (Fsp3) is 0.750. The molecule has 0 saturated carbocycles. The summed E-state index contributed by atoms with van der Waals surface area (Å²) in [5, 5.41) is 2.17. The summed E-state index contributed by atoms with van der Waals surface area (Å²) in [6, 6.07) is 0. The summed E-state index contributed by atoms with van der Waals surface area (Å²) in [6.45, 7) is 3.19. The number of rotatable bonds is 5. The van der Waals surface area contributed by atoms with Gasteiger partial charge >= 0.3 is 62.1 Å². The molecule has 0 aromatic carbocycles. The number of hydrogen-bond donors (Lipinski definition) is 1. The first-order valence-electron chi connectivity index (χ1n) is 4.14. The van der Waals surface area contributed by atoms with Gasteiger partial charge in [0.1, 0.15) is 0 Å². The monoisotopic (exact) mass is 341 g/mol. The Kier molecular flexibility index (Phi) is 41.4. The molecule has 3 nitrogen and oxygen atoms in total. The van der Waals surface area contributed by atoms with Crippen LogP contribution in [0.1, 0.15) is 19.8 Å². The van der Waals surface area contributed by atoms with E-state index >= 15 is 0 Å². The van der Waals surface area contributed by atoms with Crippen LogP contribution >= 0.6 is 24.4 Å². The minimum Gasteiger partial charge on any atom is -0.220 e. The molecule has 14 heavy (non-hydrogen) atoms. The first kappa shape index (κ1) is 19.9. The van der Waals surface area contributed by atoms with E-state index in [1.807, 2.05) is 0 Å². The van der Waals surface area contributed by atoms with Gasteiger partial charge in [-0.15, -0.1) is 0 Å². The van der Waals surface area contributed by atoms with Gasteiger partial charge in [0.25, 0.3) is 0 Å². The van der Waals surface area contributed by atoms with Crippen LogP contribution in [-0.2, 0) is 9.59 Å². The molecular weight excluding hydrogens is 325 g/mol. The Morgan fingerprint density at radius 3 is 1.93 bits per heavy atom. The third-order valence-corrected chi connectivity index (χ3v) is 4.50. The summed E-state index contributed by atoms with van der Waals surface area (Å²) in [5.41, 5.74) is 5.33. The van der Waals surface area contributed by atoms with Crippen molar-refractivity contribution in [2.75, 3.05) is 6.54 Å². The SMILES string of the molecule is C[CH2][Sn][CH2]CCCN.O=C=S.O=C=S. The first-order chi connectivity index (χ1) is 6.74. The topological polar surface area (TPSA) is 60.2 Å². The van der Waals surface area contributed by atoms with Crippen molar-refractivity contribution in [2.24, 2.45) is 5.73 Å². The molecule has 0 aromatic heterocycles. The van der Waals surface area contributed by atoms with Crippen LogP contribution in [-0.4, -0.2) is 38.2 Å². The van der Waals surface area contributed by atoms with E-state index in [2.05, 4.69) is 31.4 Å². The smallest absolute Gasteiger partial charge is 0.202 e. The Morgan fingerprint density at radius 1 is 1.21 bits per heavy atom. The fourth-order valence-corrected chi connectivity index (χ4v) is 3.01. The minimum absolute atomic E-state index is 0.115. The Labute approximate surface area is 106 Å². The third-order valence-electron chi connectivity index (χ3n) is 1.06. The van der Waals surface area contributed by atoms with Gasteiger partial charge in [0.05, 0.1) is 0 Å². The van der Waals surface area contributed by atoms with Gasteiger partial charge in [0.15, 0.2) is 0 Å². The van der Waals surface area contributed by atoms with Crippen molar-refractivity contribution < 1.29 is 9.59 Å². The normalized spacial score (nSPS) is 6.71. The van der Waals surface area contributed by atoms with Crippen molar-refractivity contribution >= 4 is 56.0 Å². The van der Waals surface area contributed by atoms with E-state index in [9.17, 15) is 0 Å². The van der Waals surface area contributed by atoms with E-state index in [1.54, 1.807) is 0 Å². The van der Waals surface area contributed by atoms with Crippen LogP contribution in [0.5, 0.6) is 0 Å². The molecule has 0 amide bonds. The van der Waals surface area contributed by atoms with E-state index in [-0.39, 0.29) is 21.1 Å². The van der Waals surface area contributed by atoms with E-state index in [4.69, 9.17) is 15.3 Å². The van der Waals surface area contributed by atoms with Crippen LogP contribution in [0.3, 0.4) is 0 Å². The summed E-state index contributed by atoms with van der Waals surface area (Å²) in [7, 11) is 0. The van der Waals surface area contributed by atoms with Gasteiger partial charge in [-0.3, -0.25) is 0 Å². The molecular formula is C8H15NO2S2Sn. The maximum atomic E-state index is 8.50. The molecule has 0 aliphatic heterocycles. The number of carbonyl (C=O) groups excluding carboxylic acids is 2.